The van der Waals surface area contributed by atoms with Crippen LogP contribution in [-0.2, 0) is 11.3 Å². The Kier molecular flexibility index (Phi) is 6.12. The Morgan fingerprint density at radius 2 is 1.72 bits per heavy atom. The molecule has 0 fully saturated rings. The summed E-state index contributed by atoms with van der Waals surface area (Å²) in [4.78, 5) is 27.9. The molecule has 0 aliphatic carbocycles. The molecular formula is C26H26N2O4. The topological polar surface area (TPSA) is 67.9 Å². The smallest absolute Gasteiger partial charge is 0.255 e. The van der Waals surface area contributed by atoms with Gasteiger partial charge in [-0.15, -0.1) is 0 Å². The van der Waals surface area contributed by atoms with Crippen molar-refractivity contribution in [1.29, 1.82) is 0 Å². The number of anilines is 1. The summed E-state index contributed by atoms with van der Waals surface area (Å²) in [6.07, 6.45) is 0.136. The van der Waals surface area contributed by atoms with Crippen molar-refractivity contribution in [3.8, 4) is 11.5 Å². The van der Waals surface area contributed by atoms with Crippen molar-refractivity contribution < 1.29 is 19.1 Å². The van der Waals surface area contributed by atoms with Crippen LogP contribution in [0.3, 0.4) is 0 Å². The predicted molar refractivity (Wildman–Crippen MR) is 123 cm³/mol. The Morgan fingerprint density at radius 1 is 1.00 bits per heavy atom. The lowest BCUT2D eigenvalue weighted by Gasteiger charge is -2.28. The van der Waals surface area contributed by atoms with Gasteiger partial charge in [-0.25, -0.2) is 0 Å². The maximum absolute atomic E-state index is 13.1. The molecule has 0 radical (unpaired) electrons. The van der Waals surface area contributed by atoms with Gasteiger partial charge in [-0.3, -0.25) is 9.59 Å². The molecule has 0 aromatic heterocycles. The molecule has 1 aliphatic heterocycles. The van der Waals surface area contributed by atoms with Crippen LogP contribution in [0.2, 0.25) is 0 Å². The van der Waals surface area contributed by atoms with Gasteiger partial charge in [0.05, 0.1) is 26.7 Å². The van der Waals surface area contributed by atoms with E-state index in [-0.39, 0.29) is 24.3 Å². The lowest BCUT2D eigenvalue weighted by Crippen LogP contribution is -2.32. The van der Waals surface area contributed by atoms with E-state index in [9.17, 15) is 9.59 Å². The van der Waals surface area contributed by atoms with Crippen molar-refractivity contribution in [2.24, 2.45) is 0 Å². The van der Waals surface area contributed by atoms with Crippen LogP contribution in [0.1, 0.15) is 39.5 Å². The van der Waals surface area contributed by atoms with E-state index in [1.165, 1.54) is 0 Å². The molecule has 0 bridgehead atoms. The molecule has 1 heterocycles. The summed E-state index contributed by atoms with van der Waals surface area (Å²) in [6.45, 7) is 2.50. The third-order valence-corrected chi connectivity index (χ3v) is 5.73. The maximum Gasteiger partial charge on any atom is 0.255 e. The second kappa shape index (κ2) is 9.14. The molecule has 1 aliphatic rings. The number of carbonyl (C=O) groups is 2. The van der Waals surface area contributed by atoms with Gasteiger partial charge >= 0.3 is 0 Å². The van der Waals surface area contributed by atoms with Gasteiger partial charge in [0.1, 0.15) is 0 Å². The van der Waals surface area contributed by atoms with Gasteiger partial charge in [-0.2, -0.15) is 0 Å². The molecule has 0 saturated carbocycles. The Bertz CT molecular complexity index is 1140. The summed E-state index contributed by atoms with van der Waals surface area (Å²) >= 11 is 0. The Hall–Kier alpha value is -3.80. The highest BCUT2D eigenvalue weighted by Gasteiger charge is 2.34. The molecule has 3 aromatic rings. The van der Waals surface area contributed by atoms with Crippen molar-refractivity contribution >= 4 is 17.5 Å². The van der Waals surface area contributed by atoms with Crippen molar-refractivity contribution in [1.82, 2.24) is 4.90 Å². The quantitative estimate of drug-likeness (QED) is 0.588. The fourth-order valence-electron chi connectivity index (χ4n) is 4.03. The van der Waals surface area contributed by atoms with E-state index >= 15 is 0 Å². The van der Waals surface area contributed by atoms with E-state index in [0.717, 1.165) is 16.7 Å². The minimum Gasteiger partial charge on any atom is -0.493 e. The Morgan fingerprint density at radius 3 is 2.41 bits per heavy atom. The molecule has 1 N–H and O–H groups in total. The van der Waals surface area contributed by atoms with Crippen molar-refractivity contribution in [2.75, 3.05) is 19.5 Å². The fourth-order valence-corrected chi connectivity index (χ4v) is 4.03. The average Bonchev–Trinajstić information content (AvgIpc) is 3.14. The summed E-state index contributed by atoms with van der Waals surface area (Å²) in [5.41, 5.74) is 4.34. The number of fused-ring (bicyclic) bond motifs is 1. The van der Waals surface area contributed by atoms with Gasteiger partial charge in [0.2, 0.25) is 5.91 Å². The second-order valence-corrected chi connectivity index (χ2v) is 7.84. The number of nitrogens with one attached hydrogen (secondary N) is 1. The third kappa shape index (κ3) is 4.30. The van der Waals surface area contributed by atoms with Crippen LogP contribution >= 0.6 is 0 Å². The highest BCUT2D eigenvalue weighted by atomic mass is 16.5. The molecule has 6 nitrogen and oxygen atoms in total. The highest BCUT2D eigenvalue weighted by Crippen LogP contribution is 2.34. The van der Waals surface area contributed by atoms with E-state index < -0.39 is 0 Å². The van der Waals surface area contributed by atoms with Crippen molar-refractivity contribution in [2.45, 2.75) is 25.9 Å². The lowest BCUT2D eigenvalue weighted by atomic mass is 10.00. The zero-order valence-electron chi connectivity index (χ0n) is 18.4. The summed E-state index contributed by atoms with van der Waals surface area (Å²) in [5, 5.41) is 2.93. The van der Waals surface area contributed by atoms with E-state index in [4.69, 9.17) is 9.47 Å². The van der Waals surface area contributed by atoms with Crippen LogP contribution in [0.25, 0.3) is 0 Å². The zero-order chi connectivity index (χ0) is 22.7. The molecule has 6 heteroatoms. The number of benzene rings is 3. The molecule has 2 amide bonds. The van der Waals surface area contributed by atoms with Crippen LogP contribution < -0.4 is 14.8 Å². The minimum absolute atomic E-state index is 0.0508. The number of ether oxygens (including phenoxy) is 2. The van der Waals surface area contributed by atoms with Crippen LogP contribution in [0.5, 0.6) is 11.5 Å². The van der Waals surface area contributed by atoms with Crippen LogP contribution in [-0.4, -0.2) is 30.9 Å². The number of amides is 2. The summed E-state index contributed by atoms with van der Waals surface area (Å²) < 4.78 is 10.6. The SMILES string of the molecule is COc1ccc(NC(=O)C[C@@H](c2ccc(C)cc2)N2Cc3ccccc3C2=O)cc1OC. The maximum atomic E-state index is 13.1. The van der Waals surface area contributed by atoms with E-state index in [0.29, 0.717) is 29.3 Å². The first kappa shape index (κ1) is 21.4. The van der Waals surface area contributed by atoms with E-state index in [1.54, 1.807) is 37.3 Å². The molecule has 164 valence electrons. The van der Waals surface area contributed by atoms with Gasteiger partial charge in [-0.05, 0) is 36.2 Å². The van der Waals surface area contributed by atoms with E-state index in [1.807, 2.05) is 55.5 Å². The highest BCUT2D eigenvalue weighted by molar-refractivity contribution is 5.99. The molecule has 0 saturated heterocycles. The minimum atomic E-state index is -0.379. The molecule has 3 aromatic carbocycles. The van der Waals surface area contributed by atoms with Gasteiger partial charge in [0.15, 0.2) is 11.5 Å². The number of carbonyl (C=O) groups excluding carboxylic acids is 2. The number of rotatable bonds is 7. The third-order valence-electron chi connectivity index (χ3n) is 5.73. The number of methoxy groups -OCH3 is 2. The average molecular weight is 431 g/mol. The zero-order valence-corrected chi connectivity index (χ0v) is 18.4. The van der Waals surface area contributed by atoms with Gasteiger partial charge in [0.25, 0.3) is 5.91 Å². The summed E-state index contributed by atoms with van der Waals surface area (Å²) in [5.74, 6) is 0.880. The van der Waals surface area contributed by atoms with Gasteiger partial charge in [-0.1, -0.05) is 48.0 Å². The monoisotopic (exact) mass is 430 g/mol. The van der Waals surface area contributed by atoms with Crippen LogP contribution in [0.4, 0.5) is 5.69 Å². The second-order valence-electron chi connectivity index (χ2n) is 7.84. The van der Waals surface area contributed by atoms with Crippen LogP contribution in [0, 0.1) is 6.92 Å². The van der Waals surface area contributed by atoms with Crippen molar-refractivity contribution in [3.05, 3.63) is 89.0 Å². The van der Waals surface area contributed by atoms with Crippen molar-refractivity contribution in [3.63, 3.8) is 0 Å². The fraction of sp³-hybridized carbons (Fsp3) is 0.231. The molecule has 4 rings (SSSR count). The van der Waals surface area contributed by atoms with Crippen LogP contribution in [0.15, 0.2) is 66.7 Å². The Balaban J connectivity index is 1.58. The summed E-state index contributed by atoms with van der Waals surface area (Å²) in [6, 6.07) is 20.4. The summed E-state index contributed by atoms with van der Waals surface area (Å²) in [7, 11) is 3.11. The van der Waals surface area contributed by atoms with Gasteiger partial charge < -0.3 is 19.7 Å². The molecule has 1 atom stereocenters. The molecule has 0 spiro atoms. The molecule has 0 unspecified atom stereocenters. The van der Waals surface area contributed by atoms with Gasteiger partial charge in [0, 0.05) is 23.9 Å². The molecule has 32 heavy (non-hydrogen) atoms. The lowest BCUT2D eigenvalue weighted by molar-refractivity contribution is -0.117. The Labute approximate surface area is 187 Å². The number of hydrogen-bond acceptors (Lipinski definition) is 4. The first-order chi connectivity index (χ1) is 15.5. The normalized spacial score (nSPS) is 13.5. The number of hydrogen-bond donors (Lipinski definition) is 1. The standard InChI is InChI=1S/C26H26N2O4/c1-17-8-10-18(11-9-17)22(28-16-19-6-4-5-7-21(19)26(28)30)15-25(29)27-20-12-13-23(31-2)24(14-20)32-3/h4-14,22H,15-16H2,1-3H3,(H,27,29)/t22-/m0/s1. The van der Waals surface area contributed by atoms with E-state index in [2.05, 4.69) is 5.32 Å². The number of nitrogens with zero attached hydrogens (tertiary/aromatic N) is 1. The first-order valence-corrected chi connectivity index (χ1v) is 10.5. The molecular weight excluding hydrogens is 404 g/mol. The first-order valence-electron chi connectivity index (χ1n) is 10.5. The number of aryl methyl sites for hydroxylation is 1. The largest absolute Gasteiger partial charge is 0.493 e. The predicted octanol–water partition coefficient (Wildman–Crippen LogP) is 4.74.